The maximum absolute atomic E-state index is 12.0. The fraction of sp³-hybridized carbons (Fsp3) is 0.533. The largest absolute Gasteiger partial charge is 0.444 e. The quantitative estimate of drug-likeness (QED) is 0.750. The second kappa shape index (κ2) is 6.64. The topological polar surface area (TPSA) is 62.7 Å². The highest BCUT2D eigenvalue weighted by Gasteiger charge is 2.27. The van der Waals surface area contributed by atoms with Gasteiger partial charge in [0, 0.05) is 36.8 Å². The molecule has 1 aromatic rings. The third-order valence-electron chi connectivity index (χ3n) is 3.22. The number of carbonyl (C=O) groups is 2. The van der Waals surface area contributed by atoms with Gasteiger partial charge < -0.3 is 14.5 Å². The zero-order valence-electron chi connectivity index (χ0n) is 13.0. The van der Waals surface area contributed by atoms with Crippen LogP contribution in [0.3, 0.4) is 0 Å². The van der Waals surface area contributed by atoms with Crippen molar-refractivity contribution in [1.29, 1.82) is 0 Å². The van der Waals surface area contributed by atoms with Crippen LogP contribution in [-0.4, -0.2) is 54.0 Å². The lowest BCUT2D eigenvalue weighted by molar-refractivity contribution is 0.0240. The Kier molecular flexibility index (Phi) is 5.05. The number of hydrogen-bond donors (Lipinski definition) is 0. The van der Waals surface area contributed by atoms with Crippen LogP contribution in [0.1, 0.15) is 31.1 Å². The Balaban J connectivity index is 2.01. The van der Waals surface area contributed by atoms with Gasteiger partial charge in [-0.1, -0.05) is 0 Å². The first-order chi connectivity index (χ1) is 10.3. The number of hydrogen-bond acceptors (Lipinski definition) is 5. The number of carbonyl (C=O) groups excluding carboxylic acids is 2. The van der Waals surface area contributed by atoms with Gasteiger partial charge in [-0.25, -0.2) is 9.78 Å². The number of anilines is 1. The van der Waals surface area contributed by atoms with E-state index in [9.17, 15) is 9.59 Å². The van der Waals surface area contributed by atoms with Gasteiger partial charge in [-0.3, -0.25) is 4.79 Å². The molecule has 0 aromatic carbocycles. The van der Waals surface area contributed by atoms with Crippen LogP contribution in [-0.2, 0) is 4.74 Å². The zero-order chi connectivity index (χ0) is 16.3. The van der Waals surface area contributed by atoms with Crippen LogP contribution >= 0.6 is 15.9 Å². The summed E-state index contributed by atoms with van der Waals surface area (Å²) in [6.45, 7) is 7.88. The molecule has 22 heavy (non-hydrogen) atoms. The molecule has 1 amide bonds. The molecule has 2 rings (SSSR count). The highest BCUT2D eigenvalue weighted by atomic mass is 79.9. The summed E-state index contributed by atoms with van der Waals surface area (Å²) >= 11 is 3.31. The number of aromatic nitrogens is 1. The maximum Gasteiger partial charge on any atom is 0.410 e. The Bertz CT molecular complexity index is 564. The van der Waals surface area contributed by atoms with Crippen LogP contribution in [0, 0.1) is 0 Å². The van der Waals surface area contributed by atoms with Crippen molar-refractivity contribution in [3.8, 4) is 0 Å². The van der Waals surface area contributed by atoms with Crippen molar-refractivity contribution in [1.82, 2.24) is 9.88 Å². The molecule has 0 unspecified atom stereocenters. The molecule has 6 nitrogen and oxygen atoms in total. The molecule has 1 aromatic heterocycles. The summed E-state index contributed by atoms with van der Waals surface area (Å²) in [5.41, 5.74) is 0.0479. The molecule has 2 heterocycles. The van der Waals surface area contributed by atoms with E-state index in [-0.39, 0.29) is 6.09 Å². The highest BCUT2D eigenvalue weighted by molar-refractivity contribution is 9.10. The van der Waals surface area contributed by atoms with E-state index in [2.05, 4.69) is 20.9 Å². The molecule has 0 aliphatic carbocycles. The molecule has 0 N–H and O–H groups in total. The molecule has 7 heteroatoms. The van der Waals surface area contributed by atoms with Gasteiger partial charge in [0.15, 0.2) is 6.29 Å². The summed E-state index contributed by atoms with van der Waals surface area (Å²) in [4.78, 5) is 31.2. The molecule has 1 aliphatic rings. The first kappa shape index (κ1) is 16.7. The molecule has 0 bridgehead atoms. The molecular weight excluding hydrogens is 350 g/mol. The van der Waals surface area contributed by atoms with Crippen LogP contribution in [0.4, 0.5) is 10.6 Å². The lowest BCUT2D eigenvalue weighted by Crippen LogP contribution is -2.50. The number of aldehydes is 1. The molecule has 1 saturated heterocycles. The van der Waals surface area contributed by atoms with Gasteiger partial charge in [0.05, 0.1) is 5.56 Å². The van der Waals surface area contributed by atoms with Crippen molar-refractivity contribution in [2.45, 2.75) is 26.4 Å². The van der Waals surface area contributed by atoms with E-state index in [1.165, 1.54) is 0 Å². The van der Waals surface area contributed by atoms with E-state index >= 15 is 0 Å². The van der Waals surface area contributed by atoms with Gasteiger partial charge in [-0.05, 0) is 42.8 Å². The van der Waals surface area contributed by atoms with E-state index in [0.717, 1.165) is 10.8 Å². The van der Waals surface area contributed by atoms with Crippen molar-refractivity contribution >= 4 is 34.1 Å². The van der Waals surface area contributed by atoms with Crippen molar-refractivity contribution in [2.75, 3.05) is 31.1 Å². The highest BCUT2D eigenvalue weighted by Crippen LogP contribution is 2.22. The number of amides is 1. The second-order valence-corrected chi connectivity index (χ2v) is 7.05. The third-order valence-corrected chi connectivity index (χ3v) is 3.65. The Hall–Kier alpha value is -1.63. The van der Waals surface area contributed by atoms with E-state index in [0.29, 0.717) is 37.6 Å². The van der Waals surface area contributed by atoms with Crippen LogP contribution < -0.4 is 4.90 Å². The summed E-state index contributed by atoms with van der Waals surface area (Å²) in [5, 5.41) is 0. The summed E-state index contributed by atoms with van der Waals surface area (Å²) in [6.07, 6.45) is 2.17. The van der Waals surface area contributed by atoms with E-state index in [4.69, 9.17) is 4.74 Å². The monoisotopic (exact) mass is 369 g/mol. The van der Waals surface area contributed by atoms with Crippen molar-refractivity contribution in [3.05, 3.63) is 22.3 Å². The molecule has 120 valence electrons. The van der Waals surface area contributed by atoms with Crippen molar-refractivity contribution < 1.29 is 14.3 Å². The predicted octanol–water partition coefficient (Wildman–Crippen LogP) is 2.71. The SMILES string of the molecule is CC(C)(C)OC(=O)N1CCN(c2ncc(Br)cc2C=O)CC1. The number of ether oxygens (including phenoxy) is 1. The molecule has 0 atom stereocenters. The van der Waals surface area contributed by atoms with Gasteiger partial charge in [0.1, 0.15) is 11.4 Å². The summed E-state index contributed by atoms with van der Waals surface area (Å²) < 4.78 is 6.14. The Morgan fingerprint density at radius 1 is 1.32 bits per heavy atom. The third kappa shape index (κ3) is 4.19. The maximum atomic E-state index is 12.0. The van der Waals surface area contributed by atoms with Crippen LogP contribution in [0.15, 0.2) is 16.7 Å². The van der Waals surface area contributed by atoms with E-state index in [1.807, 2.05) is 25.7 Å². The number of pyridine rings is 1. The van der Waals surface area contributed by atoms with E-state index in [1.54, 1.807) is 17.2 Å². The number of halogens is 1. The van der Waals surface area contributed by atoms with E-state index < -0.39 is 5.60 Å². The first-order valence-corrected chi connectivity index (χ1v) is 7.93. The molecule has 0 radical (unpaired) electrons. The van der Waals surface area contributed by atoms with Gasteiger partial charge >= 0.3 is 6.09 Å². The fourth-order valence-corrected chi connectivity index (χ4v) is 2.57. The fourth-order valence-electron chi connectivity index (χ4n) is 2.23. The van der Waals surface area contributed by atoms with Gasteiger partial charge in [0.25, 0.3) is 0 Å². The number of nitrogens with zero attached hydrogens (tertiary/aromatic N) is 3. The smallest absolute Gasteiger partial charge is 0.410 e. The first-order valence-electron chi connectivity index (χ1n) is 7.14. The minimum Gasteiger partial charge on any atom is -0.444 e. The van der Waals surface area contributed by atoms with Gasteiger partial charge in [0.2, 0.25) is 0 Å². The number of piperazine rings is 1. The number of rotatable bonds is 2. The molecular formula is C15H20BrN3O3. The molecule has 1 aliphatic heterocycles. The standard InChI is InChI=1S/C15H20BrN3O3/c1-15(2,3)22-14(21)19-6-4-18(5-7-19)13-11(10-20)8-12(16)9-17-13/h8-10H,4-7H2,1-3H3. The van der Waals surface area contributed by atoms with Crippen LogP contribution in [0.2, 0.25) is 0 Å². The van der Waals surface area contributed by atoms with Crippen molar-refractivity contribution in [2.24, 2.45) is 0 Å². The Labute approximate surface area is 138 Å². The molecule has 1 fully saturated rings. The second-order valence-electron chi connectivity index (χ2n) is 6.14. The van der Waals surface area contributed by atoms with Crippen LogP contribution in [0.25, 0.3) is 0 Å². The minimum absolute atomic E-state index is 0.300. The predicted molar refractivity (Wildman–Crippen MR) is 87.3 cm³/mol. The molecule has 0 saturated carbocycles. The average molecular weight is 370 g/mol. The van der Waals surface area contributed by atoms with Crippen LogP contribution in [0.5, 0.6) is 0 Å². The Morgan fingerprint density at radius 2 is 1.95 bits per heavy atom. The minimum atomic E-state index is -0.494. The lowest BCUT2D eigenvalue weighted by Gasteiger charge is -2.36. The molecule has 0 spiro atoms. The van der Waals surface area contributed by atoms with Gasteiger partial charge in [-0.15, -0.1) is 0 Å². The summed E-state index contributed by atoms with van der Waals surface area (Å²) in [7, 11) is 0. The summed E-state index contributed by atoms with van der Waals surface area (Å²) in [6, 6.07) is 1.75. The van der Waals surface area contributed by atoms with Crippen molar-refractivity contribution in [3.63, 3.8) is 0 Å². The summed E-state index contributed by atoms with van der Waals surface area (Å²) in [5.74, 6) is 0.655. The van der Waals surface area contributed by atoms with Gasteiger partial charge in [-0.2, -0.15) is 0 Å². The lowest BCUT2D eigenvalue weighted by atomic mass is 10.2. The zero-order valence-corrected chi connectivity index (χ0v) is 14.6. The normalized spacial score (nSPS) is 15.6. The average Bonchev–Trinajstić information content (AvgIpc) is 2.45. The Morgan fingerprint density at radius 3 is 2.50 bits per heavy atom.